The number of urea groups is 1. The topological polar surface area (TPSA) is 78.4 Å². The molecule has 0 heterocycles. The van der Waals surface area contributed by atoms with E-state index >= 15 is 0 Å². The molecule has 0 aliphatic heterocycles. The van der Waals surface area contributed by atoms with Crippen LogP contribution >= 0.6 is 0 Å². The number of carbonyl (C=O) groups is 2. The van der Waals surface area contributed by atoms with E-state index in [0.29, 0.717) is 19.4 Å². The van der Waals surface area contributed by atoms with Gasteiger partial charge in [-0.2, -0.15) is 0 Å². The van der Waals surface area contributed by atoms with Gasteiger partial charge < -0.3 is 15.7 Å². The number of benzene rings is 1. The Morgan fingerprint density at radius 3 is 2.43 bits per heavy atom. The first kappa shape index (κ1) is 15.4. The second kappa shape index (κ2) is 7.11. The van der Waals surface area contributed by atoms with E-state index in [-0.39, 0.29) is 18.0 Å². The molecule has 5 nitrogen and oxygen atoms in total. The molecule has 2 amide bonds. The first-order valence-electron chi connectivity index (χ1n) is 7.43. The van der Waals surface area contributed by atoms with Crippen LogP contribution in [-0.4, -0.2) is 23.1 Å². The molecule has 1 aliphatic carbocycles. The molecule has 3 N–H and O–H groups in total. The van der Waals surface area contributed by atoms with Gasteiger partial charge in [-0.3, -0.25) is 4.79 Å². The molecule has 1 fully saturated rings. The van der Waals surface area contributed by atoms with E-state index in [0.717, 1.165) is 18.4 Å². The fourth-order valence-corrected chi connectivity index (χ4v) is 2.65. The first-order chi connectivity index (χ1) is 10.1. The van der Waals surface area contributed by atoms with Gasteiger partial charge in [0.05, 0.1) is 5.92 Å². The van der Waals surface area contributed by atoms with Crippen LogP contribution in [0.15, 0.2) is 24.3 Å². The summed E-state index contributed by atoms with van der Waals surface area (Å²) in [5.74, 6) is -1.09. The lowest BCUT2D eigenvalue weighted by atomic mass is 10.1. The molecule has 1 aliphatic rings. The quantitative estimate of drug-likeness (QED) is 0.778. The van der Waals surface area contributed by atoms with E-state index in [4.69, 9.17) is 5.11 Å². The number of aryl methyl sites for hydroxylation is 1. The molecule has 2 atom stereocenters. The number of carbonyl (C=O) groups excluding carboxylic acids is 1. The van der Waals surface area contributed by atoms with E-state index in [2.05, 4.69) is 29.7 Å². The van der Waals surface area contributed by atoms with Crippen molar-refractivity contribution in [1.82, 2.24) is 10.6 Å². The average molecular weight is 290 g/mol. The van der Waals surface area contributed by atoms with Crippen molar-refractivity contribution in [3.63, 3.8) is 0 Å². The Morgan fingerprint density at radius 1 is 1.19 bits per heavy atom. The summed E-state index contributed by atoms with van der Waals surface area (Å²) in [4.78, 5) is 22.7. The van der Waals surface area contributed by atoms with Gasteiger partial charge in [-0.05, 0) is 36.8 Å². The monoisotopic (exact) mass is 290 g/mol. The summed E-state index contributed by atoms with van der Waals surface area (Å²) in [5.41, 5.74) is 2.33. The van der Waals surface area contributed by atoms with Crippen LogP contribution in [-0.2, 0) is 17.8 Å². The Hall–Kier alpha value is -2.04. The average Bonchev–Trinajstić information content (AvgIpc) is 2.94. The van der Waals surface area contributed by atoms with E-state index < -0.39 is 5.97 Å². The molecule has 114 valence electrons. The summed E-state index contributed by atoms with van der Waals surface area (Å²) in [6.07, 6.45) is 2.89. The molecular weight excluding hydrogens is 268 g/mol. The minimum Gasteiger partial charge on any atom is -0.481 e. The highest BCUT2D eigenvalue weighted by atomic mass is 16.4. The predicted molar refractivity (Wildman–Crippen MR) is 80.0 cm³/mol. The predicted octanol–water partition coefficient (Wildman–Crippen LogP) is 2.30. The van der Waals surface area contributed by atoms with Crippen molar-refractivity contribution >= 4 is 12.0 Å². The molecule has 0 aromatic heterocycles. The zero-order valence-corrected chi connectivity index (χ0v) is 12.3. The van der Waals surface area contributed by atoms with Gasteiger partial charge in [0.1, 0.15) is 0 Å². The Balaban J connectivity index is 1.73. The van der Waals surface area contributed by atoms with Gasteiger partial charge in [-0.15, -0.1) is 0 Å². The van der Waals surface area contributed by atoms with Crippen LogP contribution in [0.3, 0.4) is 0 Å². The lowest BCUT2D eigenvalue weighted by molar-refractivity contribution is -0.141. The lowest BCUT2D eigenvalue weighted by Crippen LogP contribution is -2.40. The number of nitrogens with one attached hydrogen (secondary N) is 2. The van der Waals surface area contributed by atoms with E-state index in [1.54, 1.807) is 0 Å². The van der Waals surface area contributed by atoms with Crippen LogP contribution in [0.4, 0.5) is 4.79 Å². The van der Waals surface area contributed by atoms with Gasteiger partial charge in [0.25, 0.3) is 0 Å². The van der Waals surface area contributed by atoms with Crippen molar-refractivity contribution in [3.8, 4) is 0 Å². The summed E-state index contributed by atoms with van der Waals surface area (Å²) in [6.45, 7) is 2.58. The van der Waals surface area contributed by atoms with Gasteiger partial charge in [-0.1, -0.05) is 31.2 Å². The lowest BCUT2D eigenvalue weighted by Gasteiger charge is -2.13. The zero-order chi connectivity index (χ0) is 15.2. The maximum Gasteiger partial charge on any atom is 0.315 e. The van der Waals surface area contributed by atoms with Gasteiger partial charge in [0.2, 0.25) is 0 Å². The van der Waals surface area contributed by atoms with Gasteiger partial charge >= 0.3 is 12.0 Å². The van der Waals surface area contributed by atoms with Crippen LogP contribution in [0, 0.1) is 5.92 Å². The smallest absolute Gasteiger partial charge is 0.315 e. The molecule has 5 heteroatoms. The fraction of sp³-hybridized carbons (Fsp3) is 0.500. The van der Waals surface area contributed by atoms with Gasteiger partial charge in [0.15, 0.2) is 0 Å². The third-order valence-electron chi connectivity index (χ3n) is 4.00. The molecule has 1 saturated carbocycles. The van der Waals surface area contributed by atoms with Crippen LogP contribution in [0.1, 0.15) is 37.3 Å². The highest BCUT2D eigenvalue weighted by Gasteiger charge is 2.30. The summed E-state index contributed by atoms with van der Waals surface area (Å²) in [6, 6.07) is 7.87. The number of hydrogen-bond donors (Lipinski definition) is 3. The minimum absolute atomic E-state index is 0.0337. The molecule has 0 spiro atoms. The normalized spacial score (nSPS) is 21.0. The number of amides is 2. The van der Waals surface area contributed by atoms with E-state index in [1.807, 2.05) is 12.1 Å². The largest absolute Gasteiger partial charge is 0.481 e. The third-order valence-corrected chi connectivity index (χ3v) is 4.00. The van der Waals surface area contributed by atoms with Crippen molar-refractivity contribution in [2.75, 3.05) is 0 Å². The number of carboxylic acid groups (broad SMARTS) is 1. The third kappa shape index (κ3) is 4.48. The first-order valence-corrected chi connectivity index (χ1v) is 7.43. The van der Waals surface area contributed by atoms with Crippen molar-refractivity contribution in [2.24, 2.45) is 5.92 Å². The van der Waals surface area contributed by atoms with Crippen molar-refractivity contribution in [1.29, 1.82) is 0 Å². The van der Waals surface area contributed by atoms with E-state index in [9.17, 15) is 9.59 Å². The number of carboxylic acids is 1. The summed E-state index contributed by atoms with van der Waals surface area (Å²) in [7, 11) is 0. The van der Waals surface area contributed by atoms with Crippen molar-refractivity contribution in [2.45, 2.75) is 45.2 Å². The van der Waals surface area contributed by atoms with Crippen LogP contribution < -0.4 is 10.6 Å². The Bertz CT molecular complexity index is 499. The molecule has 2 rings (SSSR count). The standard InChI is InChI=1S/C16H22N2O3/c1-2-11-3-5-12(6-4-11)10-17-16(21)18-14-8-7-13(9-14)15(19)20/h3-6,13-14H,2,7-10H2,1H3,(H,19,20)(H2,17,18,21). The number of rotatable bonds is 5. The molecule has 0 radical (unpaired) electrons. The Kier molecular flexibility index (Phi) is 5.20. The number of hydrogen-bond acceptors (Lipinski definition) is 2. The SMILES string of the molecule is CCc1ccc(CNC(=O)NC2CCC(C(=O)O)C2)cc1. The zero-order valence-electron chi connectivity index (χ0n) is 12.3. The second-order valence-corrected chi connectivity index (χ2v) is 5.54. The summed E-state index contributed by atoms with van der Waals surface area (Å²) in [5, 5.41) is 14.6. The van der Waals surface area contributed by atoms with Crippen LogP contribution in [0.25, 0.3) is 0 Å². The number of aliphatic carboxylic acids is 1. The Morgan fingerprint density at radius 2 is 1.86 bits per heavy atom. The maximum atomic E-state index is 11.8. The van der Waals surface area contributed by atoms with Crippen molar-refractivity contribution < 1.29 is 14.7 Å². The minimum atomic E-state index is -0.768. The van der Waals surface area contributed by atoms with Crippen LogP contribution in [0.5, 0.6) is 0 Å². The van der Waals surface area contributed by atoms with Gasteiger partial charge in [-0.25, -0.2) is 4.79 Å². The van der Waals surface area contributed by atoms with Crippen molar-refractivity contribution in [3.05, 3.63) is 35.4 Å². The molecule has 2 unspecified atom stereocenters. The molecule has 1 aromatic carbocycles. The van der Waals surface area contributed by atoms with E-state index in [1.165, 1.54) is 5.56 Å². The molecular formula is C16H22N2O3. The summed E-state index contributed by atoms with van der Waals surface area (Å²) < 4.78 is 0. The maximum absolute atomic E-state index is 11.8. The molecule has 21 heavy (non-hydrogen) atoms. The molecule has 1 aromatic rings. The molecule has 0 saturated heterocycles. The Labute approximate surface area is 124 Å². The second-order valence-electron chi connectivity index (χ2n) is 5.54. The highest BCUT2D eigenvalue weighted by Crippen LogP contribution is 2.25. The molecule has 0 bridgehead atoms. The fourth-order valence-electron chi connectivity index (χ4n) is 2.65. The van der Waals surface area contributed by atoms with Crippen LogP contribution in [0.2, 0.25) is 0 Å². The summed E-state index contributed by atoms with van der Waals surface area (Å²) >= 11 is 0. The van der Waals surface area contributed by atoms with Gasteiger partial charge in [0, 0.05) is 12.6 Å². The highest BCUT2D eigenvalue weighted by molar-refractivity contribution is 5.75.